The van der Waals surface area contributed by atoms with E-state index in [2.05, 4.69) is 5.32 Å². The zero-order chi connectivity index (χ0) is 14.8. The maximum Gasteiger partial charge on any atom is 0.240 e. The third kappa shape index (κ3) is 3.36. The van der Waals surface area contributed by atoms with Gasteiger partial charge in [-0.3, -0.25) is 4.79 Å². The molecule has 0 heterocycles. The summed E-state index contributed by atoms with van der Waals surface area (Å²) in [6.07, 6.45) is 3.53. The molecular formula is C13H19N3O3S. The lowest BCUT2D eigenvalue weighted by atomic mass is 9.84. The number of para-hydroxylation sites is 1. The van der Waals surface area contributed by atoms with Crippen molar-refractivity contribution in [2.45, 2.75) is 36.6 Å². The molecule has 110 valence electrons. The molecule has 0 bridgehead atoms. The van der Waals surface area contributed by atoms with Gasteiger partial charge in [-0.15, -0.1) is 0 Å². The Kier molecular flexibility index (Phi) is 4.42. The van der Waals surface area contributed by atoms with E-state index in [9.17, 15) is 13.2 Å². The molecule has 1 saturated carbocycles. The molecule has 2 atom stereocenters. The van der Waals surface area contributed by atoms with Crippen molar-refractivity contribution in [3.8, 4) is 0 Å². The minimum Gasteiger partial charge on any atom is -0.327 e. The molecule has 7 heteroatoms. The number of anilines is 1. The number of hydrogen-bond acceptors (Lipinski definition) is 4. The molecule has 20 heavy (non-hydrogen) atoms. The van der Waals surface area contributed by atoms with Crippen LogP contribution in [0.1, 0.15) is 25.7 Å². The van der Waals surface area contributed by atoms with Gasteiger partial charge in [0.05, 0.1) is 11.6 Å². The van der Waals surface area contributed by atoms with Gasteiger partial charge in [0.1, 0.15) is 4.90 Å². The number of nitrogens with two attached hydrogens (primary N) is 2. The van der Waals surface area contributed by atoms with E-state index in [1.165, 1.54) is 12.1 Å². The molecule has 1 fully saturated rings. The Morgan fingerprint density at radius 2 is 1.85 bits per heavy atom. The van der Waals surface area contributed by atoms with Crippen molar-refractivity contribution in [1.29, 1.82) is 0 Å². The highest BCUT2D eigenvalue weighted by Gasteiger charge is 2.29. The molecule has 0 spiro atoms. The van der Waals surface area contributed by atoms with E-state index in [-0.39, 0.29) is 28.4 Å². The Morgan fingerprint density at radius 1 is 1.20 bits per heavy atom. The summed E-state index contributed by atoms with van der Waals surface area (Å²) < 4.78 is 23.0. The molecule has 2 rings (SSSR count). The first kappa shape index (κ1) is 15.0. The number of carbonyl (C=O) groups is 1. The fraction of sp³-hybridized carbons (Fsp3) is 0.462. The number of sulfonamides is 1. The lowest BCUT2D eigenvalue weighted by Gasteiger charge is -2.27. The highest BCUT2D eigenvalue weighted by Crippen LogP contribution is 2.26. The van der Waals surface area contributed by atoms with E-state index in [1.807, 2.05) is 0 Å². The normalized spacial score (nSPS) is 23.3. The van der Waals surface area contributed by atoms with Crippen molar-refractivity contribution >= 4 is 21.6 Å². The van der Waals surface area contributed by atoms with Crippen LogP contribution >= 0.6 is 0 Å². The summed E-state index contributed by atoms with van der Waals surface area (Å²) in [6, 6.07) is 5.91. The van der Waals surface area contributed by atoms with Crippen molar-refractivity contribution in [2.24, 2.45) is 16.8 Å². The maximum absolute atomic E-state index is 12.2. The van der Waals surface area contributed by atoms with Gasteiger partial charge in [-0.25, -0.2) is 13.6 Å². The second-order valence-electron chi connectivity index (χ2n) is 5.09. The SMILES string of the molecule is NC1CCCCC1C(=O)Nc1ccccc1S(N)(=O)=O. The maximum atomic E-state index is 12.2. The second-order valence-corrected chi connectivity index (χ2v) is 6.62. The van der Waals surface area contributed by atoms with Gasteiger partial charge in [-0.1, -0.05) is 25.0 Å². The molecule has 0 saturated heterocycles. The van der Waals surface area contributed by atoms with E-state index < -0.39 is 10.0 Å². The molecule has 6 nitrogen and oxygen atoms in total. The van der Waals surface area contributed by atoms with Gasteiger partial charge in [0.25, 0.3) is 0 Å². The van der Waals surface area contributed by atoms with Gasteiger partial charge in [-0.2, -0.15) is 0 Å². The van der Waals surface area contributed by atoms with Crippen LogP contribution in [0.2, 0.25) is 0 Å². The average Bonchev–Trinajstić information content (AvgIpc) is 2.38. The third-order valence-electron chi connectivity index (χ3n) is 3.61. The lowest BCUT2D eigenvalue weighted by Crippen LogP contribution is -2.40. The van der Waals surface area contributed by atoms with E-state index >= 15 is 0 Å². The summed E-state index contributed by atoms with van der Waals surface area (Å²) in [5, 5.41) is 7.77. The number of amides is 1. The Hall–Kier alpha value is -1.44. The molecule has 1 aromatic rings. The summed E-state index contributed by atoms with van der Waals surface area (Å²) in [5.74, 6) is -0.523. The van der Waals surface area contributed by atoms with Crippen molar-refractivity contribution in [1.82, 2.24) is 0 Å². The Morgan fingerprint density at radius 3 is 2.50 bits per heavy atom. The van der Waals surface area contributed by atoms with Crippen molar-refractivity contribution < 1.29 is 13.2 Å². The highest BCUT2D eigenvalue weighted by atomic mass is 32.2. The van der Waals surface area contributed by atoms with Crippen LogP contribution in [0.25, 0.3) is 0 Å². The first-order valence-electron chi connectivity index (χ1n) is 6.58. The first-order valence-corrected chi connectivity index (χ1v) is 8.12. The number of nitrogens with one attached hydrogen (secondary N) is 1. The molecule has 0 aliphatic heterocycles. The fourth-order valence-corrected chi connectivity index (χ4v) is 3.22. The number of rotatable bonds is 3. The minimum atomic E-state index is -3.87. The number of carbonyl (C=O) groups excluding carboxylic acids is 1. The van der Waals surface area contributed by atoms with Gasteiger partial charge in [0.15, 0.2) is 0 Å². The second kappa shape index (κ2) is 5.90. The Bertz CT molecular complexity index is 601. The first-order chi connectivity index (χ1) is 9.39. The van der Waals surface area contributed by atoms with Crippen LogP contribution in [-0.2, 0) is 14.8 Å². The molecule has 0 radical (unpaired) electrons. The van der Waals surface area contributed by atoms with Gasteiger partial charge < -0.3 is 11.1 Å². The molecule has 1 aromatic carbocycles. The molecular weight excluding hydrogens is 278 g/mol. The number of primary sulfonamides is 1. The summed E-state index contributed by atoms with van der Waals surface area (Å²) in [6.45, 7) is 0. The summed E-state index contributed by atoms with van der Waals surface area (Å²) >= 11 is 0. The van der Waals surface area contributed by atoms with Crippen molar-refractivity contribution in [3.63, 3.8) is 0 Å². The quantitative estimate of drug-likeness (QED) is 0.765. The topological polar surface area (TPSA) is 115 Å². The van der Waals surface area contributed by atoms with Gasteiger partial charge >= 0.3 is 0 Å². The fourth-order valence-electron chi connectivity index (χ4n) is 2.53. The predicted octanol–water partition coefficient (Wildman–Crippen LogP) is 0.790. The van der Waals surface area contributed by atoms with Crippen LogP contribution in [0.3, 0.4) is 0 Å². The summed E-state index contributed by atoms with van der Waals surface area (Å²) in [4.78, 5) is 12.1. The lowest BCUT2D eigenvalue weighted by molar-refractivity contribution is -0.121. The molecule has 0 aromatic heterocycles. The van der Waals surface area contributed by atoms with Crippen LogP contribution in [0.4, 0.5) is 5.69 Å². The van der Waals surface area contributed by atoms with Gasteiger partial charge in [0.2, 0.25) is 15.9 Å². The zero-order valence-corrected chi connectivity index (χ0v) is 11.9. The highest BCUT2D eigenvalue weighted by molar-refractivity contribution is 7.89. The molecule has 5 N–H and O–H groups in total. The van der Waals surface area contributed by atoms with E-state index in [0.717, 1.165) is 25.7 Å². The van der Waals surface area contributed by atoms with Gasteiger partial charge in [-0.05, 0) is 25.0 Å². The predicted molar refractivity (Wildman–Crippen MR) is 76.4 cm³/mol. The largest absolute Gasteiger partial charge is 0.327 e. The van der Waals surface area contributed by atoms with Crippen molar-refractivity contribution in [2.75, 3.05) is 5.32 Å². The standard InChI is InChI=1S/C13H19N3O3S/c14-10-6-2-1-5-9(10)13(17)16-11-7-3-4-8-12(11)20(15,18)19/h3-4,7-10H,1-2,5-6,14H2,(H,16,17)(H2,15,18,19). The summed E-state index contributed by atoms with van der Waals surface area (Å²) in [5.41, 5.74) is 6.16. The Labute approximate surface area is 118 Å². The number of hydrogen-bond donors (Lipinski definition) is 3. The van der Waals surface area contributed by atoms with E-state index in [0.29, 0.717) is 0 Å². The van der Waals surface area contributed by atoms with E-state index in [4.69, 9.17) is 10.9 Å². The van der Waals surface area contributed by atoms with Gasteiger partial charge in [0, 0.05) is 6.04 Å². The van der Waals surface area contributed by atoms with Crippen LogP contribution in [0, 0.1) is 5.92 Å². The summed E-state index contributed by atoms with van der Waals surface area (Å²) in [7, 11) is -3.87. The van der Waals surface area contributed by atoms with Crippen LogP contribution in [0.15, 0.2) is 29.2 Å². The van der Waals surface area contributed by atoms with E-state index in [1.54, 1.807) is 12.1 Å². The van der Waals surface area contributed by atoms with Crippen LogP contribution < -0.4 is 16.2 Å². The van der Waals surface area contributed by atoms with Crippen LogP contribution in [-0.4, -0.2) is 20.4 Å². The smallest absolute Gasteiger partial charge is 0.240 e. The molecule has 2 unspecified atom stereocenters. The zero-order valence-electron chi connectivity index (χ0n) is 11.1. The Balaban J connectivity index is 2.20. The monoisotopic (exact) mass is 297 g/mol. The van der Waals surface area contributed by atoms with Crippen molar-refractivity contribution in [3.05, 3.63) is 24.3 Å². The molecule has 1 amide bonds. The number of benzene rings is 1. The molecule has 1 aliphatic rings. The minimum absolute atomic E-state index is 0.0854. The molecule has 1 aliphatic carbocycles. The third-order valence-corrected chi connectivity index (χ3v) is 4.58. The average molecular weight is 297 g/mol. The van der Waals surface area contributed by atoms with Crippen LogP contribution in [0.5, 0.6) is 0 Å².